The molecule has 1 aliphatic rings. The lowest BCUT2D eigenvalue weighted by atomic mass is 9.74. The Kier molecular flexibility index (Phi) is 2.59. The lowest BCUT2D eigenvalue weighted by molar-refractivity contribution is 0.274. The molecule has 0 radical (unpaired) electrons. The Morgan fingerprint density at radius 3 is 2.94 bits per heavy atom. The zero-order valence-corrected chi connectivity index (χ0v) is 10.3. The molecule has 0 saturated heterocycles. The van der Waals surface area contributed by atoms with Gasteiger partial charge in [-0.15, -0.1) is 6.42 Å². The van der Waals surface area contributed by atoms with E-state index >= 15 is 0 Å². The molecular weight excluding hydrogens is 196 g/mol. The van der Waals surface area contributed by atoms with E-state index in [0.717, 1.165) is 12.8 Å². The molecule has 1 heterocycles. The average Bonchev–Trinajstić information content (AvgIpc) is 2.58. The molecule has 0 spiro atoms. The standard InChI is InChI=1S/C14H20N2/c1-5-10(2)16-7-6-11-12(15)8-14(3,4)9-13(11)16/h1,6-7,10,12H,8-9,15H2,2-4H3. The highest BCUT2D eigenvalue weighted by Crippen LogP contribution is 2.40. The van der Waals surface area contributed by atoms with Crippen molar-refractivity contribution in [2.24, 2.45) is 11.1 Å². The minimum Gasteiger partial charge on any atom is -0.337 e. The number of fused-ring (bicyclic) bond motifs is 1. The van der Waals surface area contributed by atoms with Gasteiger partial charge in [-0.05, 0) is 36.8 Å². The van der Waals surface area contributed by atoms with Crippen LogP contribution in [0.3, 0.4) is 0 Å². The third kappa shape index (κ3) is 1.76. The molecule has 2 unspecified atom stereocenters. The van der Waals surface area contributed by atoms with Gasteiger partial charge in [-0.1, -0.05) is 19.8 Å². The summed E-state index contributed by atoms with van der Waals surface area (Å²) >= 11 is 0. The Labute approximate surface area is 97.8 Å². The van der Waals surface area contributed by atoms with Crippen LogP contribution in [-0.2, 0) is 6.42 Å². The van der Waals surface area contributed by atoms with Crippen molar-refractivity contribution in [2.45, 2.75) is 45.7 Å². The number of terminal acetylenes is 1. The van der Waals surface area contributed by atoms with Crippen LogP contribution in [-0.4, -0.2) is 4.57 Å². The van der Waals surface area contributed by atoms with Crippen LogP contribution in [0.2, 0.25) is 0 Å². The normalized spacial score (nSPS) is 24.6. The number of nitrogens with two attached hydrogens (primary N) is 1. The summed E-state index contributed by atoms with van der Waals surface area (Å²) in [5.74, 6) is 2.78. The molecule has 2 rings (SSSR count). The first kappa shape index (κ1) is 11.3. The number of nitrogens with zero attached hydrogens (tertiary/aromatic N) is 1. The van der Waals surface area contributed by atoms with Gasteiger partial charge in [0.15, 0.2) is 0 Å². The Bertz CT molecular complexity index is 434. The summed E-state index contributed by atoms with van der Waals surface area (Å²) in [5, 5.41) is 0. The fourth-order valence-electron chi connectivity index (χ4n) is 2.70. The van der Waals surface area contributed by atoms with Gasteiger partial charge >= 0.3 is 0 Å². The van der Waals surface area contributed by atoms with Crippen molar-refractivity contribution >= 4 is 0 Å². The van der Waals surface area contributed by atoms with Crippen LogP contribution in [0, 0.1) is 17.8 Å². The van der Waals surface area contributed by atoms with E-state index in [1.165, 1.54) is 11.3 Å². The molecule has 1 aliphatic carbocycles. The van der Waals surface area contributed by atoms with Crippen molar-refractivity contribution in [3.05, 3.63) is 23.5 Å². The quantitative estimate of drug-likeness (QED) is 0.719. The Morgan fingerprint density at radius 2 is 2.31 bits per heavy atom. The number of rotatable bonds is 1. The zero-order valence-electron chi connectivity index (χ0n) is 10.3. The van der Waals surface area contributed by atoms with Crippen LogP contribution in [0.15, 0.2) is 12.3 Å². The number of hydrogen-bond donors (Lipinski definition) is 1. The fourth-order valence-corrected chi connectivity index (χ4v) is 2.70. The molecule has 2 atom stereocenters. The third-order valence-electron chi connectivity index (χ3n) is 3.54. The second-order valence-electron chi connectivity index (χ2n) is 5.62. The zero-order chi connectivity index (χ0) is 11.9. The number of aromatic nitrogens is 1. The first-order valence-electron chi connectivity index (χ1n) is 5.86. The fraction of sp³-hybridized carbons (Fsp3) is 0.571. The van der Waals surface area contributed by atoms with Gasteiger partial charge in [-0.2, -0.15) is 0 Å². The highest BCUT2D eigenvalue weighted by molar-refractivity contribution is 5.31. The van der Waals surface area contributed by atoms with Gasteiger partial charge in [0.25, 0.3) is 0 Å². The number of hydrogen-bond acceptors (Lipinski definition) is 1. The summed E-state index contributed by atoms with van der Waals surface area (Å²) in [4.78, 5) is 0. The van der Waals surface area contributed by atoms with Crippen LogP contribution >= 0.6 is 0 Å². The lowest BCUT2D eigenvalue weighted by Gasteiger charge is -2.35. The largest absolute Gasteiger partial charge is 0.337 e. The van der Waals surface area contributed by atoms with Gasteiger partial charge in [0.1, 0.15) is 0 Å². The monoisotopic (exact) mass is 216 g/mol. The maximum absolute atomic E-state index is 6.21. The van der Waals surface area contributed by atoms with Crippen LogP contribution < -0.4 is 5.73 Å². The summed E-state index contributed by atoms with van der Waals surface area (Å²) < 4.78 is 2.19. The van der Waals surface area contributed by atoms with E-state index in [1.807, 2.05) is 6.92 Å². The summed E-state index contributed by atoms with van der Waals surface area (Å²) in [5.41, 5.74) is 9.09. The predicted octanol–water partition coefficient (Wildman–Crippen LogP) is 2.65. The Balaban J connectivity index is 2.46. The van der Waals surface area contributed by atoms with Crippen molar-refractivity contribution in [3.63, 3.8) is 0 Å². The van der Waals surface area contributed by atoms with Crippen LogP contribution in [0.4, 0.5) is 0 Å². The first-order chi connectivity index (χ1) is 7.44. The molecule has 16 heavy (non-hydrogen) atoms. The second kappa shape index (κ2) is 3.68. The van der Waals surface area contributed by atoms with Gasteiger partial charge < -0.3 is 10.3 Å². The summed E-state index contributed by atoms with van der Waals surface area (Å²) in [6, 6.07) is 2.40. The van der Waals surface area contributed by atoms with Gasteiger partial charge in [-0.3, -0.25) is 0 Å². The molecule has 2 N–H and O–H groups in total. The molecule has 0 amide bonds. The Morgan fingerprint density at radius 1 is 1.62 bits per heavy atom. The maximum Gasteiger partial charge on any atom is 0.0913 e. The molecule has 2 heteroatoms. The van der Waals surface area contributed by atoms with E-state index in [4.69, 9.17) is 12.2 Å². The summed E-state index contributed by atoms with van der Waals surface area (Å²) in [6.07, 6.45) is 9.69. The molecular formula is C14H20N2. The van der Waals surface area contributed by atoms with Crippen LogP contribution in [0.25, 0.3) is 0 Å². The van der Waals surface area contributed by atoms with Crippen molar-refractivity contribution in [1.82, 2.24) is 4.57 Å². The molecule has 1 aromatic rings. The second-order valence-corrected chi connectivity index (χ2v) is 5.62. The molecule has 86 valence electrons. The van der Waals surface area contributed by atoms with E-state index in [-0.39, 0.29) is 17.5 Å². The van der Waals surface area contributed by atoms with Crippen molar-refractivity contribution in [3.8, 4) is 12.3 Å². The average molecular weight is 216 g/mol. The summed E-state index contributed by atoms with van der Waals surface area (Å²) in [6.45, 7) is 6.59. The minimum atomic E-state index is 0.116. The van der Waals surface area contributed by atoms with Gasteiger partial charge in [-0.25, -0.2) is 0 Å². The lowest BCUT2D eigenvalue weighted by Crippen LogP contribution is -2.30. The SMILES string of the molecule is C#CC(C)n1ccc2c1CC(C)(C)CC2N. The Hall–Kier alpha value is -1.20. The smallest absolute Gasteiger partial charge is 0.0913 e. The highest BCUT2D eigenvalue weighted by Gasteiger charge is 2.32. The maximum atomic E-state index is 6.21. The van der Waals surface area contributed by atoms with Crippen LogP contribution in [0.1, 0.15) is 50.5 Å². The molecule has 2 nitrogen and oxygen atoms in total. The predicted molar refractivity (Wildman–Crippen MR) is 67.0 cm³/mol. The van der Waals surface area contributed by atoms with Crippen molar-refractivity contribution in [1.29, 1.82) is 0 Å². The van der Waals surface area contributed by atoms with E-state index in [1.54, 1.807) is 0 Å². The summed E-state index contributed by atoms with van der Waals surface area (Å²) in [7, 11) is 0. The molecule has 0 aromatic carbocycles. The highest BCUT2D eigenvalue weighted by atomic mass is 15.0. The van der Waals surface area contributed by atoms with Gasteiger partial charge in [0.05, 0.1) is 6.04 Å². The minimum absolute atomic E-state index is 0.116. The third-order valence-corrected chi connectivity index (χ3v) is 3.54. The van der Waals surface area contributed by atoms with E-state index < -0.39 is 0 Å². The van der Waals surface area contributed by atoms with Crippen molar-refractivity contribution in [2.75, 3.05) is 0 Å². The van der Waals surface area contributed by atoms with E-state index in [0.29, 0.717) is 0 Å². The topological polar surface area (TPSA) is 30.9 Å². The van der Waals surface area contributed by atoms with Gasteiger partial charge in [0, 0.05) is 17.9 Å². The van der Waals surface area contributed by atoms with E-state index in [2.05, 4.69) is 36.6 Å². The first-order valence-corrected chi connectivity index (χ1v) is 5.86. The van der Waals surface area contributed by atoms with Gasteiger partial charge in [0.2, 0.25) is 0 Å². The molecule has 0 bridgehead atoms. The molecule has 1 aromatic heterocycles. The molecule has 0 saturated carbocycles. The molecule has 0 aliphatic heterocycles. The van der Waals surface area contributed by atoms with E-state index in [9.17, 15) is 0 Å². The van der Waals surface area contributed by atoms with Crippen molar-refractivity contribution < 1.29 is 0 Å². The van der Waals surface area contributed by atoms with Crippen LogP contribution in [0.5, 0.6) is 0 Å². The molecule has 0 fully saturated rings.